The summed E-state index contributed by atoms with van der Waals surface area (Å²) in [5, 5.41) is 10.1. The smallest absolute Gasteiger partial charge is 0.334 e. The molecular weight excluding hydrogens is 372 g/mol. The summed E-state index contributed by atoms with van der Waals surface area (Å²) in [5.41, 5.74) is 0.260. The Kier molecular flexibility index (Phi) is 5.23. The molecule has 0 amide bonds. The van der Waals surface area contributed by atoms with E-state index in [4.69, 9.17) is 0 Å². The third-order valence-corrected chi connectivity index (χ3v) is 5.15. The number of benzene rings is 1. The fourth-order valence-corrected chi connectivity index (χ4v) is 3.85. The second kappa shape index (κ2) is 7.38. The van der Waals surface area contributed by atoms with Crippen molar-refractivity contribution in [1.29, 1.82) is 0 Å². The minimum Gasteiger partial charge on any atom is -0.494 e. The van der Waals surface area contributed by atoms with Gasteiger partial charge in [0.15, 0.2) is 0 Å². The molecule has 24 heavy (non-hydrogen) atoms. The molecule has 0 unspecified atom stereocenters. The SMILES string of the molecule is O=c1cc(O)n(CCc2cccc(Br)c2)c(=O)n1C1CCCCC1. The molecule has 0 spiro atoms. The van der Waals surface area contributed by atoms with Gasteiger partial charge in [0.05, 0.1) is 6.07 Å². The number of aromatic nitrogens is 2. The van der Waals surface area contributed by atoms with Gasteiger partial charge in [-0.05, 0) is 37.0 Å². The molecule has 1 fully saturated rings. The molecule has 0 saturated heterocycles. The van der Waals surface area contributed by atoms with Crippen LogP contribution in [0.2, 0.25) is 0 Å². The van der Waals surface area contributed by atoms with Crippen LogP contribution in [0.3, 0.4) is 0 Å². The van der Waals surface area contributed by atoms with Crippen molar-refractivity contribution in [3.05, 3.63) is 61.2 Å². The van der Waals surface area contributed by atoms with E-state index in [9.17, 15) is 14.7 Å². The first-order valence-electron chi connectivity index (χ1n) is 8.36. The minimum absolute atomic E-state index is 0.0449. The highest BCUT2D eigenvalue weighted by molar-refractivity contribution is 9.10. The molecule has 0 aliphatic heterocycles. The topological polar surface area (TPSA) is 64.2 Å². The largest absolute Gasteiger partial charge is 0.494 e. The maximum atomic E-state index is 12.8. The van der Waals surface area contributed by atoms with Gasteiger partial charge in [0.1, 0.15) is 0 Å². The minimum atomic E-state index is -0.401. The van der Waals surface area contributed by atoms with Gasteiger partial charge in [-0.3, -0.25) is 13.9 Å². The molecule has 1 aromatic heterocycles. The van der Waals surface area contributed by atoms with Crippen molar-refractivity contribution in [2.75, 3.05) is 0 Å². The van der Waals surface area contributed by atoms with E-state index in [-0.39, 0.29) is 11.9 Å². The van der Waals surface area contributed by atoms with Gasteiger partial charge in [-0.1, -0.05) is 47.3 Å². The molecular formula is C18H21BrN2O3. The van der Waals surface area contributed by atoms with Crippen LogP contribution in [0.5, 0.6) is 5.88 Å². The molecule has 2 aromatic rings. The van der Waals surface area contributed by atoms with Gasteiger partial charge in [-0.25, -0.2) is 4.79 Å². The van der Waals surface area contributed by atoms with E-state index in [0.29, 0.717) is 13.0 Å². The van der Waals surface area contributed by atoms with Crippen LogP contribution in [0.25, 0.3) is 0 Å². The quantitative estimate of drug-likeness (QED) is 0.868. The van der Waals surface area contributed by atoms with Crippen molar-refractivity contribution < 1.29 is 5.11 Å². The maximum Gasteiger partial charge on any atom is 0.334 e. The third-order valence-electron chi connectivity index (χ3n) is 4.66. The summed E-state index contributed by atoms with van der Waals surface area (Å²) < 4.78 is 3.61. The van der Waals surface area contributed by atoms with Crippen LogP contribution in [0.4, 0.5) is 0 Å². The van der Waals surface area contributed by atoms with Crippen molar-refractivity contribution in [1.82, 2.24) is 9.13 Å². The molecule has 0 bridgehead atoms. The number of rotatable bonds is 4. The van der Waals surface area contributed by atoms with Crippen molar-refractivity contribution in [2.45, 2.75) is 51.1 Å². The average molecular weight is 393 g/mol. The highest BCUT2D eigenvalue weighted by atomic mass is 79.9. The molecule has 1 saturated carbocycles. The monoisotopic (exact) mass is 392 g/mol. The zero-order valence-electron chi connectivity index (χ0n) is 13.4. The summed E-state index contributed by atoms with van der Waals surface area (Å²) in [7, 11) is 0. The van der Waals surface area contributed by atoms with Gasteiger partial charge in [-0.15, -0.1) is 0 Å². The zero-order valence-corrected chi connectivity index (χ0v) is 15.0. The summed E-state index contributed by atoms with van der Waals surface area (Å²) >= 11 is 3.43. The van der Waals surface area contributed by atoms with E-state index in [0.717, 1.165) is 48.2 Å². The van der Waals surface area contributed by atoms with E-state index < -0.39 is 11.2 Å². The summed E-state index contributed by atoms with van der Waals surface area (Å²) in [6.45, 7) is 0.341. The number of aryl methyl sites for hydroxylation is 1. The van der Waals surface area contributed by atoms with Gasteiger partial charge in [0.2, 0.25) is 5.88 Å². The van der Waals surface area contributed by atoms with Crippen LogP contribution < -0.4 is 11.2 Å². The van der Waals surface area contributed by atoms with Crippen LogP contribution in [0.1, 0.15) is 43.7 Å². The highest BCUT2D eigenvalue weighted by Gasteiger charge is 2.21. The second-order valence-corrected chi connectivity index (χ2v) is 7.23. The first-order chi connectivity index (χ1) is 11.6. The number of hydrogen-bond acceptors (Lipinski definition) is 3. The summed E-state index contributed by atoms with van der Waals surface area (Å²) in [6.07, 6.45) is 5.54. The fourth-order valence-electron chi connectivity index (χ4n) is 3.40. The second-order valence-electron chi connectivity index (χ2n) is 6.32. The van der Waals surface area contributed by atoms with E-state index in [1.165, 1.54) is 9.13 Å². The lowest BCUT2D eigenvalue weighted by Gasteiger charge is -2.24. The van der Waals surface area contributed by atoms with Gasteiger partial charge in [0.25, 0.3) is 5.56 Å². The van der Waals surface area contributed by atoms with Crippen molar-refractivity contribution in [3.63, 3.8) is 0 Å². The predicted octanol–water partition coefficient (Wildman–Crippen LogP) is 3.23. The van der Waals surface area contributed by atoms with Gasteiger partial charge < -0.3 is 5.11 Å². The van der Waals surface area contributed by atoms with E-state index >= 15 is 0 Å². The normalized spacial score (nSPS) is 15.5. The van der Waals surface area contributed by atoms with Crippen LogP contribution in [-0.4, -0.2) is 14.2 Å². The Morgan fingerprint density at radius 3 is 2.58 bits per heavy atom. The molecule has 1 aromatic carbocycles. The maximum absolute atomic E-state index is 12.8. The molecule has 1 N–H and O–H groups in total. The Labute approximate surface area is 148 Å². The zero-order chi connectivity index (χ0) is 17.1. The Morgan fingerprint density at radius 1 is 1.12 bits per heavy atom. The van der Waals surface area contributed by atoms with Crippen LogP contribution >= 0.6 is 15.9 Å². The molecule has 128 valence electrons. The van der Waals surface area contributed by atoms with Crippen molar-refractivity contribution in [2.24, 2.45) is 0 Å². The number of aromatic hydroxyl groups is 1. The van der Waals surface area contributed by atoms with E-state index in [2.05, 4.69) is 15.9 Å². The molecule has 5 nitrogen and oxygen atoms in total. The summed E-state index contributed by atoms with van der Waals surface area (Å²) in [6, 6.07) is 8.96. The van der Waals surface area contributed by atoms with Gasteiger partial charge in [-0.2, -0.15) is 0 Å². The fraction of sp³-hybridized carbons (Fsp3) is 0.444. The predicted molar refractivity (Wildman–Crippen MR) is 96.6 cm³/mol. The standard InChI is InChI=1S/C18H21BrN2O3/c19-14-6-4-5-13(11-14)9-10-20-16(22)12-17(23)21(18(20)24)15-7-2-1-3-8-15/h4-6,11-12,15,22H,1-3,7-10H2. The molecule has 0 radical (unpaired) electrons. The van der Waals surface area contributed by atoms with E-state index in [1.807, 2.05) is 24.3 Å². The van der Waals surface area contributed by atoms with E-state index in [1.54, 1.807) is 0 Å². The lowest BCUT2D eigenvalue weighted by molar-refractivity contribution is 0.316. The van der Waals surface area contributed by atoms with Gasteiger partial charge in [0, 0.05) is 17.1 Å². The number of nitrogens with zero attached hydrogens (tertiary/aromatic N) is 2. The van der Waals surface area contributed by atoms with Crippen molar-refractivity contribution >= 4 is 15.9 Å². The van der Waals surface area contributed by atoms with Gasteiger partial charge >= 0.3 is 5.69 Å². The lowest BCUT2D eigenvalue weighted by Crippen LogP contribution is -2.42. The average Bonchev–Trinajstić information content (AvgIpc) is 2.55. The summed E-state index contributed by atoms with van der Waals surface area (Å²) in [4.78, 5) is 25.0. The molecule has 1 aliphatic rings. The molecule has 3 rings (SSSR count). The molecule has 0 atom stereocenters. The Bertz CT molecular complexity index is 835. The summed E-state index contributed by atoms with van der Waals surface area (Å²) in [5.74, 6) is -0.257. The Hall–Kier alpha value is -1.82. The van der Waals surface area contributed by atoms with Crippen molar-refractivity contribution in [3.8, 4) is 5.88 Å². The molecule has 6 heteroatoms. The Morgan fingerprint density at radius 2 is 1.88 bits per heavy atom. The first-order valence-corrected chi connectivity index (χ1v) is 9.15. The van der Waals surface area contributed by atoms with Crippen LogP contribution in [0, 0.1) is 0 Å². The first kappa shape index (κ1) is 17.0. The Balaban J connectivity index is 1.90. The number of halogens is 1. The van der Waals surface area contributed by atoms with Crippen LogP contribution in [-0.2, 0) is 13.0 Å². The molecule has 1 aliphatic carbocycles. The number of hydrogen-bond donors (Lipinski definition) is 1. The lowest BCUT2D eigenvalue weighted by atomic mass is 9.95. The highest BCUT2D eigenvalue weighted by Crippen LogP contribution is 2.26. The third kappa shape index (κ3) is 3.64. The molecule has 1 heterocycles. The van der Waals surface area contributed by atoms with Crippen LogP contribution in [0.15, 0.2) is 44.4 Å².